The van der Waals surface area contributed by atoms with E-state index in [9.17, 15) is 5.11 Å². The molecule has 0 spiro atoms. The van der Waals surface area contributed by atoms with Crippen LogP contribution >= 0.6 is 15.9 Å². The summed E-state index contributed by atoms with van der Waals surface area (Å²) in [5, 5.41) is 14.1. The van der Waals surface area contributed by atoms with Crippen molar-refractivity contribution < 1.29 is 9.63 Å². The fourth-order valence-electron chi connectivity index (χ4n) is 1.91. The quantitative estimate of drug-likeness (QED) is 0.876. The summed E-state index contributed by atoms with van der Waals surface area (Å²) < 4.78 is 6.10. The van der Waals surface area contributed by atoms with Crippen LogP contribution in [0.25, 0.3) is 0 Å². The number of aliphatic hydroxyl groups excluding tert-OH is 1. The van der Waals surface area contributed by atoms with Gasteiger partial charge in [-0.3, -0.25) is 4.90 Å². The number of nitrogens with zero attached hydrogens (tertiary/aromatic N) is 3. The van der Waals surface area contributed by atoms with Gasteiger partial charge in [0, 0.05) is 17.4 Å². The van der Waals surface area contributed by atoms with Gasteiger partial charge in [-0.25, -0.2) is 0 Å². The Balaban J connectivity index is 1.92. The van der Waals surface area contributed by atoms with Crippen molar-refractivity contribution in [2.75, 3.05) is 13.6 Å². The number of rotatable bonds is 6. The van der Waals surface area contributed by atoms with Crippen molar-refractivity contribution in [3.63, 3.8) is 0 Å². The van der Waals surface area contributed by atoms with Crippen LogP contribution in [0.15, 0.2) is 33.3 Å². The number of hydrogen-bond acceptors (Lipinski definition) is 5. The number of aromatic nitrogens is 2. The zero-order chi connectivity index (χ0) is 14.5. The Morgan fingerprint density at radius 1 is 1.45 bits per heavy atom. The molecule has 1 atom stereocenters. The summed E-state index contributed by atoms with van der Waals surface area (Å²) in [4.78, 5) is 6.21. The van der Waals surface area contributed by atoms with Crippen molar-refractivity contribution in [3.8, 4) is 0 Å². The topological polar surface area (TPSA) is 62.4 Å². The molecule has 5 nitrogen and oxygen atoms in total. The molecule has 0 radical (unpaired) electrons. The molecule has 1 N–H and O–H groups in total. The van der Waals surface area contributed by atoms with Gasteiger partial charge in [0.1, 0.15) is 0 Å². The highest BCUT2D eigenvalue weighted by molar-refractivity contribution is 9.10. The third kappa shape index (κ3) is 4.13. The summed E-state index contributed by atoms with van der Waals surface area (Å²) in [5.41, 5.74) is 0.881. The Hall–Kier alpha value is -1.24. The van der Waals surface area contributed by atoms with Gasteiger partial charge in [0.25, 0.3) is 0 Å². The Bertz CT molecular complexity index is 559. The maximum Gasteiger partial charge on any atom is 0.240 e. The third-order valence-corrected chi connectivity index (χ3v) is 3.44. The molecule has 0 fully saturated rings. The highest BCUT2D eigenvalue weighted by Crippen LogP contribution is 2.19. The molecule has 2 aromatic rings. The van der Waals surface area contributed by atoms with Gasteiger partial charge in [0.15, 0.2) is 5.82 Å². The molecular formula is C14H18BrN3O2. The van der Waals surface area contributed by atoms with E-state index in [4.69, 9.17) is 4.52 Å². The van der Waals surface area contributed by atoms with Crippen molar-refractivity contribution in [2.45, 2.75) is 26.0 Å². The van der Waals surface area contributed by atoms with E-state index < -0.39 is 6.10 Å². The second kappa shape index (κ2) is 6.97. The van der Waals surface area contributed by atoms with E-state index in [1.807, 2.05) is 43.1 Å². The number of likely N-dealkylation sites (N-methyl/N-ethyl adjacent to an activating group) is 1. The summed E-state index contributed by atoms with van der Waals surface area (Å²) >= 11 is 3.40. The third-order valence-electron chi connectivity index (χ3n) is 2.95. The van der Waals surface area contributed by atoms with Crippen LogP contribution in [0.1, 0.15) is 30.3 Å². The van der Waals surface area contributed by atoms with Crippen molar-refractivity contribution in [2.24, 2.45) is 0 Å². The molecular weight excluding hydrogens is 322 g/mol. The van der Waals surface area contributed by atoms with E-state index in [1.54, 1.807) is 0 Å². The number of halogens is 1. The first-order valence-corrected chi connectivity index (χ1v) is 7.31. The van der Waals surface area contributed by atoms with Crippen LogP contribution < -0.4 is 0 Å². The Kier molecular flexibility index (Phi) is 5.28. The normalized spacial score (nSPS) is 12.8. The zero-order valence-corrected chi connectivity index (χ0v) is 13.2. The molecule has 2 rings (SSSR count). The number of aryl methyl sites for hydroxylation is 1. The fourth-order valence-corrected chi connectivity index (χ4v) is 2.32. The highest BCUT2D eigenvalue weighted by Gasteiger charge is 2.14. The average Bonchev–Trinajstić information content (AvgIpc) is 2.86. The minimum atomic E-state index is -0.550. The maximum absolute atomic E-state index is 10.2. The van der Waals surface area contributed by atoms with Crippen LogP contribution in [0.4, 0.5) is 0 Å². The fraction of sp³-hybridized carbons (Fsp3) is 0.429. The van der Waals surface area contributed by atoms with E-state index in [0.29, 0.717) is 24.8 Å². The van der Waals surface area contributed by atoms with Crippen molar-refractivity contribution in [3.05, 3.63) is 46.0 Å². The summed E-state index contributed by atoms with van der Waals surface area (Å²) in [6.07, 6.45) is 0.208. The molecule has 0 aliphatic rings. The Labute approximate surface area is 126 Å². The molecule has 0 saturated carbocycles. The van der Waals surface area contributed by atoms with Gasteiger partial charge >= 0.3 is 0 Å². The molecule has 1 heterocycles. The van der Waals surface area contributed by atoms with Gasteiger partial charge in [0.05, 0.1) is 12.6 Å². The van der Waals surface area contributed by atoms with E-state index in [-0.39, 0.29) is 0 Å². The van der Waals surface area contributed by atoms with Gasteiger partial charge in [0.2, 0.25) is 5.89 Å². The molecule has 1 aromatic carbocycles. The van der Waals surface area contributed by atoms with Crippen LogP contribution in [0, 0.1) is 0 Å². The Morgan fingerprint density at radius 2 is 2.25 bits per heavy atom. The van der Waals surface area contributed by atoms with Crippen LogP contribution in [0.2, 0.25) is 0 Å². The highest BCUT2D eigenvalue weighted by atomic mass is 79.9. The van der Waals surface area contributed by atoms with Crippen molar-refractivity contribution in [1.29, 1.82) is 0 Å². The summed E-state index contributed by atoms with van der Waals surface area (Å²) in [7, 11) is 1.91. The molecule has 0 saturated heterocycles. The van der Waals surface area contributed by atoms with Gasteiger partial charge in [-0.2, -0.15) is 4.98 Å². The van der Waals surface area contributed by atoms with Gasteiger partial charge in [-0.1, -0.05) is 40.1 Å². The largest absolute Gasteiger partial charge is 0.387 e. The molecule has 0 bridgehead atoms. The van der Waals surface area contributed by atoms with Crippen LogP contribution in [0.5, 0.6) is 0 Å². The second-order valence-electron chi connectivity index (χ2n) is 4.73. The first-order chi connectivity index (χ1) is 9.58. The molecule has 0 aliphatic heterocycles. The number of hydrogen-bond donors (Lipinski definition) is 1. The van der Waals surface area contributed by atoms with Gasteiger partial charge in [-0.05, 0) is 24.7 Å². The average molecular weight is 340 g/mol. The predicted molar refractivity (Wildman–Crippen MR) is 79.1 cm³/mol. The molecule has 0 amide bonds. The van der Waals surface area contributed by atoms with Crippen LogP contribution in [-0.2, 0) is 13.0 Å². The maximum atomic E-state index is 10.2. The summed E-state index contributed by atoms with van der Waals surface area (Å²) in [5.74, 6) is 1.28. The van der Waals surface area contributed by atoms with E-state index in [2.05, 4.69) is 26.1 Å². The molecule has 108 valence electrons. The van der Waals surface area contributed by atoms with Gasteiger partial charge in [-0.15, -0.1) is 0 Å². The van der Waals surface area contributed by atoms with Crippen LogP contribution in [-0.4, -0.2) is 33.7 Å². The summed E-state index contributed by atoms with van der Waals surface area (Å²) in [6, 6.07) is 7.67. The van der Waals surface area contributed by atoms with E-state index >= 15 is 0 Å². The lowest BCUT2D eigenvalue weighted by Gasteiger charge is -2.19. The second-order valence-corrected chi connectivity index (χ2v) is 5.64. The lowest BCUT2D eigenvalue weighted by atomic mass is 10.1. The van der Waals surface area contributed by atoms with Crippen LogP contribution in [0.3, 0.4) is 0 Å². The molecule has 0 aliphatic carbocycles. The monoisotopic (exact) mass is 339 g/mol. The zero-order valence-electron chi connectivity index (χ0n) is 11.6. The number of benzene rings is 1. The van der Waals surface area contributed by atoms with E-state index in [0.717, 1.165) is 16.5 Å². The first kappa shape index (κ1) is 15.2. The van der Waals surface area contributed by atoms with Crippen molar-refractivity contribution >= 4 is 15.9 Å². The molecule has 20 heavy (non-hydrogen) atoms. The lowest BCUT2D eigenvalue weighted by molar-refractivity contribution is 0.117. The molecule has 6 heteroatoms. The molecule has 1 unspecified atom stereocenters. The summed E-state index contributed by atoms with van der Waals surface area (Å²) in [6.45, 7) is 3.01. The Morgan fingerprint density at radius 3 is 2.90 bits per heavy atom. The van der Waals surface area contributed by atoms with E-state index in [1.165, 1.54) is 0 Å². The number of aliphatic hydroxyl groups is 1. The minimum Gasteiger partial charge on any atom is -0.387 e. The predicted octanol–water partition coefficient (Wildman–Crippen LogP) is 2.56. The molecule has 1 aromatic heterocycles. The standard InChI is InChI=1S/C14H18BrN3O2/c1-3-13-16-14(20-17-13)9-18(2)8-12(19)10-5-4-6-11(15)7-10/h4-7,12,19H,3,8-9H2,1-2H3. The lowest BCUT2D eigenvalue weighted by Crippen LogP contribution is -2.24. The van der Waals surface area contributed by atoms with Gasteiger partial charge < -0.3 is 9.63 Å². The minimum absolute atomic E-state index is 0.500. The SMILES string of the molecule is CCc1noc(CN(C)CC(O)c2cccc(Br)c2)n1. The smallest absolute Gasteiger partial charge is 0.240 e. The first-order valence-electron chi connectivity index (χ1n) is 6.52. The van der Waals surface area contributed by atoms with Crippen molar-refractivity contribution in [1.82, 2.24) is 15.0 Å².